The van der Waals surface area contributed by atoms with E-state index in [1.807, 2.05) is 0 Å². The fourth-order valence-corrected chi connectivity index (χ4v) is 2.21. The van der Waals surface area contributed by atoms with Crippen molar-refractivity contribution in [2.45, 2.75) is 53.4 Å². The summed E-state index contributed by atoms with van der Waals surface area (Å²) >= 11 is 0. The van der Waals surface area contributed by atoms with Gasteiger partial charge in [-0.25, -0.2) is 0 Å². The van der Waals surface area contributed by atoms with Gasteiger partial charge in [-0.3, -0.25) is 9.59 Å². The Kier molecular flexibility index (Phi) is 20.2. The number of unbranched alkanes of at least 4 members (excludes halogenated alkanes) is 2. The molecule has 2 atom stereocenters. The molecule has 0 bridgehead atoms. The zero-order valence-corrected chi connectivity index (χ0v) is 19.3. The lowest BCUT2D eigenvalue weighted by Crippen LogP contribution is -2.30. The third-order valence-electron chi connectivity index (χ3n) is 4.47. The van der Waals surface area contributed by atoms with E-state index in [0.29, 0.717) is 39.6 Å². The summed E-state index contributed by atoms with van der Waals surface area (Å²) in [6.07, 6.45) is 4.28. The molecule has 0 aliphatic carbocycles. The Balaban J connectivity index is 3.69. The molecule has 0 aliphatic heterocycles. The lowest BCUT2D eigenvalue weighted by Gasteiger charge is -2.17. The van der Waals surface area contributed by atoms with Crippen LogP contribution >= 0.6 is 0 Å². The van der Waals surface area contributed by atoms with Gasteiger partial charge in [0.15, 0.2) is 0 Å². The van der Waals surface area contributed by atoms with Crippen molar-refractivity contribution in [2.24, 2.45) is 11.8 Å². The second-order valence-electron chi connectivity index (χ2n) is 7.07. The Bertz CT molecular complexity index is 378. The molecule has 0 amide bonds. The minimum Gasteiger partial charge on any atom is -0.463 e. The average molecular weight is 435 g/mol. The maximum atomic E-state index is 12.1. The van der Waals surface area contributed by atoms with Gasteiger partial charge in [0.05, 0.1) is 51.5 Å². The van der Waals surface area contributed by atoms with E-state index in [1.165, 1.54) is 0 Å². The lowest BCUT2D eigenvalue weighted by molar-refractivity contribution is -0.161. The lowest BCUT2D eigenvalue weighted by atomic mass is 9.96. The molecular formula is C22H42O8. The Morgan fingerprint density at radius 2 is 0.833 bits per heavy atom. The molecule has 0 aromatic rings. The van der Waals surface area contributed by atoms with Gasteiger partial charge < -0.3 is 28.4 Å². The number of carbonyl (C=O) groups is 2. The summed E-state index contributed by atoms with van der Waals surface area (Å²) in [5.74, 6) is -2.07. The Hall–Kier alpha value is -1.22. The number of carbonyl (C=O) groups excluding carboxylic acids is 2. The van der Waals surface area contributed by atoms with E-state index in [1.54, 1.807) is 13.8 Å². The number of rotatable bonds is 21. The van der Waals surface area contributed by atoms with Crippen molar-refractivity contribution in [2.75, 3.05) is 66.1 Å². The Morgan fingerprint density at radius 1 is 0.533 bits per heavy atom. The minimum absolute atomic E-state index is 0.147. The van der Waals surface area contributed by atoms with Gasteiger partial charge in [-0.1, -0.05) is 40.5 Å². The third-order valence-corrected chi connectivity index (χ3v) is 4.47. The molecule has 0 radical (unpaired) electrons. The highest BCUT2D eigenvalue weighted by molar-refractivity contribution is 5.81. The van der Waals surface area contributed by atoms with Crippen LogP contribution in [0.5, 0.6) is 0 Å². The standard InChI is InChI=1S/C22H42O8/c1-5-7-9-25-11-13-27-15-17-29-21(23)19(3)20(4)22(24)30-18-16-28-14-12-26-10-8-6-2/h19-20H,5-18H2,1-4H3. The minimum atomic E-state index is -0.595. The van der Waals surface area contributed by atoms with E-state index >= 15 is 0 Å². The summed E-state index contributed by atoms with van der Waals surface area (Å²) in [4.78, 5) is 24.1. The topological polar surface area (TPSA) is 89.5 Å². The van der Waals surface area contributed by atoms with E-state index in [-0.39, 0.29) is 13.2 Å². The van der Waals surface area contributed by atoms with Gasteiger partial charge in [0.2, 0.25) is 0 Å². The van der Waals surface area contributed by atoms with E-state index < -0.39 is 23.8 Å². The molecule has 178 valence electrons. The van der Waals surface area contributed by atoms with Gasteiger partial charge in [-0.2, -0.15) is 0 Å². The molecule has 0 heterocycles. The van der Waals surface area contributed by atoms with Crippen LogP contribution in [0.1, 0.15) is 53.4 Å². The monoisotopic (exact) mass is 434 g/mol. The molecule has 0 saturated heterocycles. The number of hydrogen-bond acceptors (Lipinski definition) is 8. The van der Waals surface area contributed by atoms with Crippen LogP contribution in [0.15, 0.2) is 0 Å². The first-order valence-electron chi connectivity index (χ1n) is 11.2. The molecule has 0 saturated carbocycles. The van der Waals surface area contributed by atoms with Crippen LogP contribution in [0.3, 0.4) is 0 Å². The first kappa shape index (κ1) is 28.8. The molecule has 0 aromatic heterocycles. The van der Waals surface area contributed by atoms with Gasteiger partial charge in [0.25, 0.3) is 0 Å². The number of esters is 2. The summed E-state index contributed by atoms with van der Waals surface area (Å²) in [5, 5.41) is 0. The first-order chi connectivity index (χ1) is 14.5. The van der Waals surface area contributed by atoms with Crippen molar-refractivity contribution >= 4 is 11.9 Å². The van der Waals surface area contributed by atoms with E-state index in [2.05, 4.69) is 13.8 Å². The summed E-state index contributed by atoms with van der Waals surface area (Å²) in [7, 11) is 0. The molecule has 0 aromatic carbocycles. The highest BCUT2D eigenvalue weighted by atomic mass is 16.6. The fraction of sp³-hybridized carbons (Fsp3) is 0.909. The molecule has 0 rings (SSSR count). The van der Waals surface area contributed by atoms with Gasteiger partial charge >= 0.3 is 11.9 Å². The Labute approximate surface area is 181 Å². The SMILES string of the molecule is CCCCOCCOCCOC(=O)C(C)C(C)C(=O)OCCOCCOCCCC. The van der Waals surface area contributed by atoms with E-state index in [0.717, 1.165) is 38.9 Å². The molecule has 2 unspecified atom stereocenters. The van der Waals surface area contributed by atoms with Crippen molar-refractivity contribution in [3.05, 3.63) is 0 Å². The molecule has 0 spiro atoms. The second-order valence-corrected chi connectivity index (χ2v) is 7.07. The highest BCUT2D eigenvalue weighted by Gasteiger charge is 2.28. The molecular weight excluding hydrogens is 392 g/mol. The van der Waals surface area contributed by atoms with Crippen molar-refractivity contribution < 1.29 is 38.0 Å². The first-order valence-corrected chi connectivity index (χ1v) is 11.2. The van der Waals surface area contributed by atoms with Gasteiger partial charge in [0.1, 0.15) is 13.2 Å². The summed E-state index contributed by atoms with van der Waals surface area (Å²) in [6, 6.07) is 0. The number of ether oxygens (including phenoxy) is 6. The van der Waals surface area contributed by atoms with Crippen LogP contribution in [-0.2, 0) is 38.0 Å². The highest BCUT2D eigenvalue weighted by Crippen LogP contribution is 2.14. The maximum absolute atomic E-state index is 12.1. The van der Waals surface area contributed by atoms with Crippen LogP contribution in [-0.4, -0.2) is 78.0 Å². The van der Waals surface area contributed by atoms with Crippen molar-refractivity contribution in [1.82, 2.24) is 0 Å². The predicted molar refractivity (Wildman–Crippen MR) is 113 cm³/mol. The molecule has 8 nitrogen and oxygen atoms in total. The molecule has 0 N–H and O–H groups in total. The second kappa shape index (κ2) is 21.0. The normalized spacial score (nSPS) is 13.1. The maximum Gasteiger partial charge on any atom is 0.309 e. The molecule has 0 aliphatic rings. The summed E-state index contributed by atoms with van der Waals surface area (Å²) in [5.41, 5.74) is 0. The van der Waals surface area contributed by atoms with Crippen LogP contribution < -0.4 is 0 Å². The van der Waals surface area contributed by atoms with Crippen LogP contribution in [0.4, 0.5) is 0 Å². The largest absolute Gasteiger partial charge is 0.463 e. The van der Waals surface area contributed by atoms with Gasteiger partial charge in [0, 0.05) is 13.2 Å². The van der Waals surface area contributed by atoms with Crippen LogP contribution in [0, 0.1) is 11.8 Å². The smallest absolute Gasteiger partial charge is 0.309 e. The summed E-state index contributed by atoms with van der Waals surface area (Å²) < 4.78 is 31.8. The summed E-state index contributed by atoms with van der Waals surface area (Å²) in [6.45, 7) is 11.9. The predicted octanol–water partition coefficient (Wildman–Crippen LogP) is 3.01. The van der Waals surface area contributed by atoms with E-state index in [4.69, 9.17) is 28.4 Å². The Morgan fingerprint density at radius 3 is 1.17 bits per heavy atom. The molecule has 0 fully saturated rings. The van der Waals surface area contributed by atoms with Crippen LogP contribution in [0.2, 0.25) is 0 Å². The number of hydrogen-bond donors (Lipinski definition) is 0. The zero-order valence-electron chi connectivity index (χ0n) is 19.3. The van der Waals surface area contributed by atoms with Crippen molar-refractivity contribution in [3.8, 4) is 0 Å². The van der Waals surface area contributed by atoms with Gasteiger partial charge in [-0.15, -0.1) is 0 Å². The van der Waals surface area contributed by atoms with Gasteiger partial charge in [-0.05, 0) is 12.8 Å². The van der Waals surface area contributed by atoms with Crippen molar-refractivity contribution in [3.63, 3.8) is 0 Å². The average Bonchev–Trinajstić information content (AvgIpc) is 2.75. The fourth-order valence-electron chi connectivity index (χ4n) is 2.21. The molecule has 30 heavy (non-hydrogen) atoms. The quantitative estimate of drug-likeness (QED) is 0.201. The zero-order chi connectivity index (χ0) is 22.5. The third kappa shape index (κ3) is 16.6. The van der Waals surface area contributed by atoms with Crippen LogP contribution in [0.25, 0.3) is 0 Å². The molecule has 8 heteroatoms. The van der Waals surface area contributed by atoms with Crippen molar-refractivity contribution in [1.29, 1.82) is 0 Å². The van der Waals surface area contributed by atoms with E-state index in [9.17, 15) is 9.59 Å².